The number of carbonyl (C=O) groups is 1. The lowest BCUT2D eigenvalue weighted by atomic mass is 9.79. The van der Waals surface area contributed by atoms with Gasteiger partial charge in [-0.15, -0.1) is 12.4 Å². The first kappa shape index (κ1) is 21.7. The minimum absolute atomic E-state index is 0. The largest absolute Gasteiger partial charge is 0.493 e. The van der Waals surface area contributed by atoms with Gasteiger partial charge in [-0.25, -0.2) is 0 Å². The van der Waals surface area contributed by atoms with Crippen LogP contribution in [0.15, 0.2) is 18.2 Å². The van der Waals surface area contributed by atoms with E-state index in [0.717, 1.165) is 31.7 Å². The fourth-order valence-corrected chi connectivity index (χ4v) is 3.28. The molecule has 0 aromatic heterocycles. The minimum atomic E-state index is -0.379. The molecule has 1 heterocycles. The summed E-state index contributed by atoms with van der Waals surface area (Å²) in [4.78, 5) is 13.6. The van der Waals surface area contributed by atoms with Crippen LogP contribution in [0.25, 0.3) is 0 Å². The van der Waals surface area contributed by atoms with Crippen molar-refractivity contribution in [1.29, 1.82) is 0 Å². The minimum Gasteiger partial charge on any atom is -0.493 e. The van der Waals surface area contributed by atoms with E-state index >= 15 is 0 Å². The van der Waals surface area contributed by atoms with Gasteiger partial charge in [-0.1, -0.05) is 19.9 Å². The molecule has 0 spiro atoms. The first-order valence-electron chi connectivity index (χ1n) is 8.31. The third-order valence-corrected chi connectivity index (χ3v) is 4.42. The van der Waals surface area contributed by atoms with Gasteiger partial charge in [-0.3, -0.25) is 9.69 Å². The molecule has 1 aromatic carbocycles. The first-order valence-corrected chi connectivity index (χ1v) is 8.31. The summed E-state index contributed by atoms with van der Waals surface area (Å²) < 4.78 is 10.6. The molecule has 142 valence electrons. The second-order valence-electron chi connectivity index (χ2n) is 6.84. The van der Waals surface area contributed by atoms with Crippen molar-refractivity contribution in [2.24, 2.45) is 5.41 Å². The van der Waals surface area contributed by atoms with Gasteiger partial charge in [0.2, 0.25) is 0 Å². The quantitative estimate of drug-likeness (QED) is 0.588. The van der Waals surface area contributed by atoms with Crippen molar-refractivity contribution in [2.45, 2.75) is 26.8 Å². The van der Waals surface area contributed by atoms with Crippen LogP contribution in [-0.4, -0.2) is 55.9 Å². The predicted octanol–water partition coefficient (Wildman–Crippen LogP) is 2.01. The number of hydrogen-bond acceptors (Lipinski definition) is 6. The predicted molar refractivity (Wildman–Crippen MR) is 99.6 cm³/mol. The van der Waals surface area contributed by atoms with Crippen LogP contribution in [0.5, 0.6) is 11.5 Å². The molecule has 0 radical (unpaired) electrons. The number of aliphatic hydroxyl groups excluding tert-OH is 1. The molecule has 1 saturated heterocycles. The van der Waals surface area contributed by atoms with Crippen LogP contribution < -0.4 is 14.8 Å². The summed E-state index contributed by atoms with van der Waals surface area (Å²) in [6.07, 6.45) is 0. The van der Waals surface area contributed by atoms with Crippen LogP contribution in [0.2, 0.25) is 0 Å². The van der Waals surface area contributed by atoms with E-state index in [0.29, 0.717) is 11.5 Å². The lowest BCUT2D eigenvalue weighted by Gasteiger charge is -2.43. The van der Waals surface area contributed by atoms with E-state index in [9.17, 15) is 9.90 Å². The molecule has 1 fully saturated rings. The average molecular weight is 373 g/mol. The normalized spacial score (nSPS) is 16.7. The van der Waals surface area contributed by atoms with Gasteiger partial charge in [0, 0.05) is 51.2 Å². The number of esters is 1. The zero-order chi connectivity index (χ0) is 17.7. The van der Waals surface area contributed by atoms with Crippen molar-refractivity contribution in [2.75, 3.05) is 39.9 Å². The highest BCUT2D eigenvalue weighted by Crippen LogP contribution is 2.41. The number of aliphatic hydroxyl groups is 1. The van der Waals surface area contributed by atoms with Crippen molar-refractivity contribution in [3.63, 3.8) is 0 Å². The Bertz CT molecular complexity index is 574. The molecule has 2 N–H and O–H groups in total. The van der Waals surface area contributed by atoms with E-state index in [4.69, 9.17) is 9.47 Å². The number of rotatable bonds is 6. The third kappa shape index (κ3) is 5.31. The summed E-state index contributed by atoms with van der Waals surface area (Å²) >= 11 is 0. The van der Waals surface area contributed by atoms with Crippen LogP contribution >= 0.6 is 12.4 Å². The summed E-state index contributed by atoms with van der Waals surface area (Å²) in [6.45, 7) is 9.27. The molecule has 1 aliphatic rings. The molecule has 0 unspecified atom stereocenters. The van der Waals surface area contributed by atoms with Crippen molar-refractivity contribution in [3.8, 4) is 11.5 Å². The van der Waals surface area contributed by atoms with Crippen molar-refractivity contribution in [3.05, 3.63) is 23.8 Å². The molecule has 0 amide bonds. The van der Waals surface area contributed by atoms with Gasteiger partial charge in [0.25, 0.3) is 0 Å². The van der Waals surface area contributed by atoms with Gasteiger partial charge in [0.1, 0.15) is 0 Å². The van der Waals surface area contributed by atoms with Crippen molar-refractivity contribution >= 4 is 18.4 Å². The van der Waals surface area contributed by atoms with Gasteiger partial charge in [-0.2, -0.15) is 0 Å². The fraction of sp³-hybridized carbons (Fsp3) is 0.611. The maximum Gasteiger partial charge on any atom is 0.308 e. The molecule has 0 aliphatic carbocycles. The molecule has 25 heavy (non-hydrogen) atoms. The summed E-state index contributed by atoms with van der Waals surface area (Å²) in [6, 6.07) is 5.66. The van der Waals surface area contributed by atoms with E-state index in [1.165, 1.54) is 6.92 Å². The first-order chi connectivity index (χ1) is 11.4. The fourth-order valence-electron chi connectivity index (χ4n) is 3.28. The molecule has 2 rings (SSSR count). The number of halogens is 1. The highest BCUT2D eigenvalue weighted by Gasteiger charge is 2.36. The summed E-state index contributed by atoms with van der Waals surface area (Å²) in [5.41, 5.74) is 0.731. The van der Waals surface area contributed by atoms with Gasteiger partial charge in [-0.05, 0) is 17.7 Å². The maximum absolute atomic E-state index is 11.2. The smallest absolute Gasteiger partial charge is 0.308 e. The SMILES string of the molecule is COc1cc([C@H](N2CCNCC2)C(C)(C)CO)ccc1OC(C)=O.Cl. The number of nitrogens with zero attached hydrogens (tertiary/aromatic N) is 1. The number of methoxy groups -OCH3 is 1. The second-order valence-corrected chi connectivity index (χ2v) is 6.84. The van der Waals surface area contributed by atoms with Crippen LogP contribution in [-0.2, 0) is 4.79 Å². The molecule has 6 nitrogen and oxygen atoms in total. The van der Waals surface area contributed by atoms with E-state index < -0.39 is 0 Å². The van der Waals surface area contributed by atoms with E-state index in [1.54, 1.807) is 13.2 Å². The number of hydrogen-bond donors (Lipinski definition) is 2. The zero-order valence-electron chi connectivity index (χ0n) is 15.4. The number of benzene rings is 1. The van der Waals surface area contributed by atoms with E-state index in [-0.39, 0.29) is 36.4 Å². The molecule has 7 heteroatoms. The second kappa shape index (κ2) is 9.38. The van der Waals surface area contributed by atoms with Crippen LogP contribution in [0, 0.1) is 5.41 Å². The van der Waals surface area contributed by atoms with Crippen LogP contribution in [0.1, 0.15) is 32.4 Å². The van der Waals surface area contributed by atoms with Gasteiger partial charge < -0.3 is 19.9 Å². The summed E-state index contributed by atoms with van der Waals surface area (Å²) in [5, 5.41) is 13.3. The van der Waals surface area contributed by atoms with Gasteiger partial charge in [0.15, 0.2) is 11.5 Å². The average Bonchev–Trinajstić information content (AvgIpc) is 2.56. The molecular weight excluding hydrogens is 344 g/mol. The molecule has 1 aromatic rings. The molecular formula is C18H29ClN2O4. The van der Waals surface area contributed by atoms with Crippen molar-refractivity contribution in [1.82, 2.24) is 10.2 Å². The highest BCUT2D eigenvalue weighted by atomic mass is 35.5. The van der Waals surface area contributed by atoms with Crippen LogP contribution in [0.3, 0.4) is 0 Å². The number of carbonyl (C=O) groups excluding carboxylic acids is 1. The van der Waals surface area contributed by atoms with Gasteiger partial charge >= 0.3 is 5.97 Å². The summed E-state index contributed by atoms with van der Waals surface area (Å²) in [7, 11) is 1.56. The number of piperazine rings is 1. The Hall–Kier alpha value is -1.34. The molecule has 1 aliphatic heterocycles. The van der Waals surface area contributed by atoms with Gasteiger partial charge in [0.05, 0.1) is 7.11 Å². The standard InChI is InChI=1S/C18H28N2O4.ClH/c1-13(22)24-15-6-5-14(11-16(15)23-4)17(18(2,3)12-21)20-9-7-19-8-10-20;/h5-6,11,17,19,21H,7-10,12H2,1-4H3;1H/t17-;/m0./s1. The Labute approximate surface area is 155 Å². The summed E-state index contributed by atoms with van der Waals surface area (Å²) in [5.74, 6) is 0.557. The lowest BCUT2D eigenvalue weighted by molar-refractivity contribution is -0.132. The lowest BCUT2D eigenvalue weighted by Crippen LogP contribution is -2.49. The highest BCUT2D eigenvalue weighted by molar-refractivity contribution is 5.85. The Morgan fingerprint density at radius 3 is 2.48 bits per heavy atom. The Kier molecular flexibility index (Phi) is 8.15. The Morgan fingerprint density at radius 2 is 1.96 bits per heavy atom. The van der Waals surface area contributed by atoms with E-state index in [1.807, 2.05) is 12.1 Å². The zero-order valence-corrected chi connectivity index (χ0v) is 16.2. The molecule has 0 saturated carbocycles. The van der Waals surface area contributed by atoms with E-state index in [2.05, 4.69) is 24.1 Å². The molecule has 1 atom stereocenters. The Morgan fingerprint density at radius 1 is 1.32 bits per heavy atom. The number of ether oxygens (including phenoxy) is 2. The van der Waals surface area contributed by atoms with Crippen molar-refractivity contribution < 1.29 is 19.4 Å². The number of nitrogens with one attached hydrogen (secondary N) is 1. The Balaban J connectivity index is 0.00000312. The monoisotopic (exact) mass is 372 g/mol. The molecule has 0 bridgehead atoms. The van der Waals surface area contributed by atoms with Crippen LogP contribution in [0.4, 0.5) is 0 Å². The topological polar surface area (TPSA) is 71.0 Å². The maximum atomic E-state index is 11.2. The third-order valence-electron chi connectivity index (χ3n) is 4.42.